The number of piperidine rings is 1. The molecular weight excluding hydrogens is 164 g/mol. The molecule has 0 aromatic heterocycles. The summed E-state index contributed by atoms with van der Waals surface area (Å²) in [5.74, 6) is 0.516. The van der Waals surface area contributed by atoms with Crippen LogP contribution in [0, 0.1) is 5.92 Å². The van der Waals surface area contributed by atoms with Gasteiger partial charge in [-0.1, -0.05) is 6.92 Å². The largest absolute Gasteiger partial charge is 0.356 e. The molecule has 3 heteroatoms. The third-order valence-corrected chi connectivity index (χ3v) is 2.50. The lowest BCUT2D eigenvalue weighted by Gasteiger charge is -2.21. The fourth-order valence-corrected chi connectivity index (χ4v) is 1.69. The first-order valence-electron chi connectivity index (χ1n) is 5.33. The smallest absolute Gasteiger partial charge is 0.223 e. The van der Waals surface area contributed by atoms with Gasteiger partial charge in [-0.25, -0.2) is 0 Å². The molecule has 0 aliphatic carbocycles. The van der Waals surface area contributed by atoms with Crippen molar-refractivity contribution in [1.29, 1.82) is 0 Å². The summed E-state index contributed by atoms with van der Waals surface area (Å²) in [7, 11) is 0. The minimum atomic E-state index is 0.254. The number of amides is 1. The molecule has 76 valence electrons. The second kappa shape index (κ2) is 5.97. The molecule has 0 aromatic rings. The van der Waals surface area contributed by atoms with E-state index in [1.165, 1.54) is 0 Å². The fraction of sp³-hybridized carbons (Fsp3) is 0.900. The lowest BCUT2D eigenvalue weighted by Crippen LogP contribution is -2.37. The van der Waals surface area contributed by atoms with Crippen molar-refractivity contribution in [2.75, 3.05) is 19.6 Å². The van der Waals surface area contributed by atoms with Crippen molar-refractivity contribution in [1.82, 2.24) is 10.6 Å². The summed E-state index contributed by atoms with van der Waals surface area (Å²) in [6.45, 7) is 5.07. The molecule has 2 N–H and O–H groups in total. The molecular formula is C10H20N2O. The summed E-state index contributed by atoms with van der Waals surface area (Å²) in [4.78, 5) is 11.3. The van der Waals surface area contributed by atoms with E-state index in [9.17, 15) is 4.79 Å². The maximum atomic E-state index is 11.3. The van der Waals surface area contributed by atoms with Crippen LogP contribution in [0.3, 0.4) is 0 Å². The molecule has 1 amide bonds. The van der Waals surface area contributed by atoms with E-state index in [-0.39, 0.29) is 11.8 Å². The molecule has 0 aromatic carbocycles. The first kappa shape index (κ1) is 10.5. The summed E-state index contributed by atoms with van der Waals surface area (Å²) in [6.07, 6.45) is 4.37. The standard InChI is InChI=1S/C10H20N2O/c1-2-6-11-8-5-9-4-3-7-12-10(9)13/h9,11H,2-8H2,1H3,(H,12,13). The minimum absolute atomic E-state index is 0.254. The quantitative estimate of drug-likeness (QED) is 0.623. The topological polar surface area (TPSA) is 41.1 Å². The van der Waals surface area contributed by atoms with E-state index in [0.29, 0.717) is 0 Å². The van der Waals surface area contributed by atoms with E-state index in [4.69, 9.17) is 0 Å². The van der Waals surface area contributed by atoms with Crippen LogP contribution in [0.4, 0.5) is 0 Å². The highest BCUT2D eigenvalue weighted by molar-refractivity contribution is 5.79. The van der Waals surface area contributed by atoms with Crippen molar-refractivity contribution >= 4 is 5.91 Å². The van der Waals surface area contributed by atoms with Crippen LogP contribution in [-0.4, -0.2) is 25.5 Å². The van der Waals surface area contributed by atoms with Crippen LogP contribution in [0.2, 0.25) is 0 Å². The monoisotopic (exact) mass is 184 g/mol. The van der Waals surface area contributed by atoms with Crippen LogP contribution < -0.4 is 10.6 Å². The van der Waals surface area contributed by atoms with Gasteiger partial charge in [0.05, 0.1) is 0 Å². The fourth-order valence-electron chi connectivity index (χ4n) is 1.69. The molecule has 1 heterocycles. The van der Waals surface area contributed by atoms with Gasteiger partial charge in [0.25, 0.3) is 0 Å². The number of nitrogens with one attached hydrogen (secondary N) is 2. The molecule has 1 fully saturated rings. The highest BCUT2D eigenvalue weighted by atomic mass is 16.1. The number of hydrogen-bond acceptors (Lipinski definition) is 2. The molecule has 1 aliphatic heterocycles. The van der Waals surface area contributed by atoms with Gasteiger partial charge in [0.2, 0.25) is 5.91 Å². The van der Waals surface area contributed by atoms with Crippen molar-refractivity contribution in [3.8, 4) is 0 Å². The van der Waals surface area contributed by atoms with Crippen molar-refractivity contribution < 1.29 is 4.79 Å². The summed E-state index contributed by atoms with van der Waals surface area (Å²) in [5.41, 5.74) is 0. The summed E-state index contributed by atoms with van der Waals surface area (Å²) in [6, 6.07) is 0. The Bertz CT molecular complexity index is 159. The van der Waals surface area contributed by atoms with E-state index in [0.717, 1.165) is 45.3 Å². The van der Waals surface area contributed by atoms with Gasteiger partial charge in [-0.3, -0.25) is 4.79 Å². The molecule has 0 radical (unpaired) electrons. The van der Waals surface area contributed by atoms with Gasteiger partial charge < -0.3 is 10.6 Å². The Morgan fingerprint density at radius 2 is 2.38 bits per heavy atom. The second-order valence-electron chi connectivity index (χ2n) is 3.67. The minimum Gasteiger partial charge on any atom is -0.356 e. The Labute approximate surface area is 80.3 Å². The Kier molecular flexibility index (Phi) is 4.83. The van der Waals surface area contributed by atoms with Crippen molar-refractivity contribution in [3.63, 3.8) is 0 Å². The molecule has 1 rings (SSSR count). The zero-order valence-corrected chi connectivity index (χ0v) is 8.44. The second-order valence-corrected chi connectivity index (χ2v) is 3.67. The normalized spacial score (nSPS) is 22.8. The maximum Gasteiger partial charge on any atom is 0.223 e. The predicted molar refractivity (Wildman–Crippen MR) is 53.5 cm³/mol. The van der Waals surface area contributed by atoms with Crippen LogP contribution in [0.25, 0.3) is 0 Å². The molecule has 3 nitrogen and oxygen atoms in total. The van der Waals surface area contributed by atoms with Gasteiger partial charge in [-0.15, -0.1) is 0 Å². The third kappa shape index (κ3) is 3.77. The van der Waals surface area contributed by atoms with Crippen molar-refractivity contribution in [3.05, 3.63) is 0 Å². The van der Waals surface area contributed by atoms with Crippen LogP contribution in [0.5, 0.6) is 0 Å². The average molecular weight is 184 g/mol. The predicted octanol–water partition coefficient (Wildman–Crippen LogP) is 0.902. The maximum absolute atomic E-state index is 11.3. The summed E-state index contributed by atoms with van der Waals surface area (Å²) < 4.78 is 0. The SMILES string of the molecule is CCCNCCC1CCCNC1=O. The van der Waals surface area contributed by atoms with Gasteiger partial charge in [-0.05, 0) is 38.8 Å². The average Bonchev–Trinajstić information content (AvgIpc) is 2.15. The van der Waals surface area contributed by atoms with Gasteiger partial charge in [0.1, 0.15) is 0 Å². The van der Waals surface area contributed by atoms with Crippen molar-refractivity contribution in [2.45, 2.75) is 32.6 Å². The van der Waals surface area contributed by atoms with Gasteiger partial charge in [-0.2, -0.15) is 0 Å². The highest BCUT2D eigenvalue weighted by Crippen LogP contribution is 2.14. The molecule has 0 spiro atoms. The number of hydrogen-bond donors (Lipinski definition) is 2. The molecule has 13 heavy (non-hydrogen) atoms. The Morgan fingerprint density at radius 3 is 3.08 bits per heavy atom. The first-order chi connectivity index (χ1) is 6.34. The third-order valence-electron chi connectivity index (χ3n) is 2.50. The number of carbonyl (C=O) groups is 1. The van der Waals surface area contributed by atoms with Gasteiger partial charge in [0, 0.05) is 12.5 Å². The van der Waals surface area contributed by atoms with E-state index in [1.807, 2.05) is 0 Å². The van der Waals surface area contributed by atoms with E-state index in [2.05, 4.69) is 17.6 Å². The Balaban J connectivity index is 2.08. The molecule has 0 saturated carbocycles. The van der Waals surface area contributed by atoms with Crippen LogP contribution >= 0.6 is 0 Å². The molecule has 1 aliphatic rings. The first-order valence-corrected chi connectivity index (χ1v) is 5.33. The number of rotatable bonds is 5. The Morgan fingerprint density at radius 1 is 1.54 bits per heavy atom. The lowest BCUT2D eigenvalue weighted by atomic mass is 9.95. The molecule has 1 saturated heterocycles. The van der Waals surface area contributed by atoms with Crippen LogP contribution in [-0.2, 0) is 4.79 Å². The van der Waals surface area contributed by atoms with E-state index in [1.54, 1.807) is 0 Å². The summed E-state index contributed by atoms with van der Waals surface area (Å²) >= 11 is 0. The van der Waals surface area contributed by atoms with Crippen LogP contribution in [0.15, 0.2) is 0 Å². The Hall–Kier alpha value is -0.570. The van der Waals surface area contributed by atoms with E-state index >= 15 is 0 Å². The molecule has 1 atom stereocenters. The van der Waals surface area contributed by atoms with Gasteiger partial charge >= 0.3 is 0 Å². The molecule has 1 unspecified atom stereocenters. The highest BCUT2D eigenvalue weighted by Gasteiger charge is 2.20. The summed E-state index contributed by atoms with van der Waals surface area (Å²) in [5, 5.41) is 6.23. The molecule has 0 bridgehead atoms. The zero-order valence-electron chi connectivity index (χ0n) is 8.44. The van der Waals surface area contributed by atoms with E-state index < -0.39 is 0 Å². The number of carbonyl (C=O) groups excluding carboxylic acids is 1. The van der Waals surface area contributed by atoms with Crippen molar-refractivity contribution in [2.24, 2.45) is 5.92 Å². The van der Waals surface area contributed by atoms with Crippen LogP contribution in [0.1, 0.15) is 32.6 Å². The lowest BCUT2D eigenvalue weighted by molar-refractivity contribution is -0.126. The zero-order chi connectivity index (χ0) is 9.52. The van der Waals surface area contributed by atoms with Gasteiger partial charge in [0.15, 0.2) is 0 Å².